The van der Waals surface area contributed by atoms with Gasteiger partial charge in [-0.3, -0.25) is 14.4 Å². The summed E-state index contributed by atoms with van der Waals surface area (Å²) in [6, 6.07) is 5.68. The molecular formula is C20H10ClF3N2O4. The fraction of sp³-hybridized carbons (Fsp3) is 0.0500. The van der Waals surface area contributed by atoms with Crippen LogP contribution in [-0.4, -0.2) is 17.7 Å². The summed E-state index contributed by atoms with van der Waals surface area (Å²) in [6.45, 7) is 1.55. The predicted molar refractivity (Wildman–Crippen MR) is 100 cm³/mol. The second-order valence-electron chi connectivity index (χ2n) is 6.41. The molecule has 3 aromatic rings. The van der Waals surface area contributed by atoms with Gasteiger partial charge >= 0.3 is 0 Å². The molecule has 0 bridgehead atoms. The molecule has 6 nitrogen and oxygen atoms in total. The number of furan rings is 1. The Kier molecular flexibility index (Phi) is 4.62. The van der Waals surface area contributed by atoms with Crippen molar-refractivity contribution in [1.82, 2.24) is 0 Å². The van der Waals surface area contributed by atoms with Crippen LogP contribution < -0.4 is 10.2 Å². The Hall–Kier alpha value is -3.59. The number of carbonyl (C=O) groups is 3. The van der Waals surface area contributed by atoms with Crippen molar-refractivity contribution in [3.05, 3.63) is 81.5 Å². The lowest BCUT2D eigenvalue weighted by Gasteiger charge is -2.17. The number of benzene rings is 2. The molecule has 1 aliphatic rings. The molecule has 0 spiro atoms. The second-order valence-corrected chi connectivity index (χ2v) is 6.84. The van der Waals surface area contributed by atoms with E-state index in [1.165, 1.54) is 30.5 Å². The molecule has 10 heteroatoms. The molecule has 1 aliphatic heterocycles. The molecule has 2 heterocycles. The van der Waals surface area contributed by atoms with Gasteiger partial charge in [-0.05, 0) is 31.2 Å². The van der Waals surface area contributed by atoms with Crippen LogP contribution in [0.1, 0.15) is 36.8 Å². The maximum absolute atomic E-state index is 14.7. The highest BCUT2D eigenvalue weighted by molar-refractivity contribution is 6.36. The first-order chi connectivity index (χ1) is 14.2. The number of halogens is 4. The van der Waals surface area contributed by atoms with Crippen molar-refractivity contribution in [2.75, 3.05) is 10.2 Å². The van der Waals surface area contributed by atoms with Gasteiger partial charge in [0.25, 0.3) is 17.7 Å². The number of aryl methyl sites for hydroxylation is 1. The summed E-state index contributed by atoms with van der Waals surface area (Å²) in [4.78, 5) is 37.4. The summed E-state index contributed by atoms with van der Waals surface area (Å²) in [5.74, 6) is -8.10. The number of rotatable bonds is 3. The fourth-order valence-corrected chi connectivity index (χ4v) is 3.25. The van der Waals surface area contributed by atoms with E-state index in [2.05, 4.69) is 0 Å². The van der Waals surface area contributed by atoms with Crippen LogP contribution in [0.3, 0.4) is 0 Å². The van der Waals surface area contributed by atoms with Crippen molar-refractivity contribution in [3.8, 4) is 0 Å². The van der Waals surface area contributed by atoms with Crippen LogP contribution in [0.25, 0.3) is 0 Å². The van der Waals surface area contributed by atoms with Gasteiger partial charge < -0.3 is 9.73 Å². The zero-order valence-corrected chi connectivity index (χ0v) is 15.8. The fourth-order valence-electron chi connectivity index (χ4n) is 3.08. The normalized spacial score (nSPS) is 13.0. The van der Waals surface area contributed by atoms with Crippen molar-refractivity contribution >= 4 is 40.7 Å². The summed E-state index contributed by atoms with van der Waals surface area (Å²) in [5, 5.41) is 2.14. The van der Waals surface area contributed by atoms with Crippen LogP contribution in [0.5, 0.6) is 0 Å². The highest BCUT2D eigenvalue weighted by Gasteiger charge is 2.41. The maximum Gasteiger partial charge on any atom is 0.291 e. The van der Waals surface area contributed by atoms with E-state index in [0.717, 1.165) is 0 Å². The Morgan fingerprint density at radius 2 is 1.73 bits per heavy atom. The van der Waals surface area contributed by atoms with Crippen molar-refractivity contribution in [2.45, 2.75) is 6.92 Å². The van der Waals surface area contributed by atoms with Crippen LogP contribution in [0.4, 0.5) is 24.5 Å². The number of amides is 3. The number of nitrogens with zero attached hydrogens (tertiary/aromatic N) is 1. The summed E-state index contributed by atoms with van der Waals surface area (Å²) in [5.41, 5.74) is -1.89. The Morgan fingerprint density at radius 3 is 2.40 bits per heavy atom. The minimum atomic E-state index is -1.82. The summed E-state index contributed by atoms with van der Waals surface area (Å²) in [7, 11) is 0. The van der Waals surface area contributed by atoms with Gasteiger partial charge in [-0.2, -0.15) is 0 Å². The molecule has 1 N–H and O–H groups in total. The molecule has 0 saturated carbocycles. The van der Waals surface area contributed by atoms with Crippen LogP contribution >= 0.6 is 11.6 Å². The zero-order chi connectivity index (χ0) is 21.7. The molecule has 4 rings (SSSR count). The molecule has 0 saturated heterocycles. The Morgan fingerprint density at radius 1 is 1.03 bits per heavy atom. The Balaban J connectivity index is 1.74. The quantitative estimate of drug-likeness (QED) is 0.478. The monoisotopic (exact) mass is 434 g/mol. The first-order valence-electron chi connectivity index (χ1n) is 8.42. The molecule has 152 valence electrons. The molecule has 0 atom stereocenters. The predicted octanol–water partition coefficient (Wildman–Crippen LogP) is 4.71. The number of imide groups is 1. The SMILES string of the molecule is Cc1ccoc1C(=O)Nc1cc(F)c(N2C(=O)c3ccc(Cl)cc3C2=O)c(F)c1F. The molecule has 0 fully saturated rings. The second kappa shape index (κ2) is 7.03. The molecule has 3 amide bonds. The highest BCUT2D eigenvalue weighted by atomic mass is 35.5. The van der Waals surface area contributed by atoms with Crippen LogP contribution in [0.2, 0.25) is 5.02 Å². The van der Waals surface area contributed by atoms with E-state index < -0.39 is 46.5 Å². The number of nitrogens with one attached hydrogen (secondary N) is 1. The maximum atomic E-state index is 14.7. The van der Waals surface area contributed by atoms with Gasteiger partial charge in [-0.1, -0.05) is 11.6 Å². The van der Waals surface area contributed by atoms with Gasteiger partial charge in [0.2, 0.25) is 0 Å². The average molecular weight is 435 g/mol. The third-order valence-electron chi connectivity index (χ3n) is 4.52. The number of hydrogen-bond donors (Lipinski definition) is 1. The van der Waals surface area contributed by atoms with Gasteiger partial charge in [0, 0.05) is 16.7 Å². The summed E-state index contributed by atoms with van der Waals surface area (Å²) in [6.07, 6.45) is 1.22. The molecule has 0 unspecified atom stereocenters. The van der Waals surface area contributed by atoms with Crippen molar-refractivity contribution in [2.24, 2.45) is 0 Å². The lowest BCUT2D eigenvalue weighted by Crippen LogP contribution is -2.31. The topological polar surface area (TPSA) is 79.6 Å². The van der Waals surface area contributed by atoms with E-state index in [0.29, 0.717) is 11.6 Å². The first-order valence-corrected chi connectivity index (χ1v) is 8.79. The molecular weight excluding hydrogens is 425 g/mol. The van der Waals surface area contributed by atoms with Gasteiger partial charge in [0.15, 0.2) is 23.2 Å². The van der Waals surface area contributed by atoms with E-state index in [1.807, 2.05) is 5.32 Å². The van der Waals surface area contributed by atoms with Gasteiger partial charge in [0.1, 0.15) is 5.69 Å². The van der Waals surface area contributed by atoms with Crippen LogP contribution in [0, 0.1) is 24.4 Å². The number of anilines is 2. The molecule has 30 heavy (non-hydrogen) atoms. The minimum absolute atomic E-state index is 0.130. The lowest BCUT2D eigenvalue weighted by atomic mass is 10.1. The standard InChI is InChI=1S/C20H10ClF3N2O4/c1-8-4-5-30-17(8)18(27)25-13-7-12(22)16(15(24)14(13)23)26-19(28)10-3-2-9(21)6-11(10)20(26)29/h2-7H,1H3,(H,25,27). The average Bonchev–Trinajstić information content (AvgIpc) is 3.23. The van der Waals surface area contributed by atoms with Crippen LogP contribution in [0.15, 0.2) is 41.0 Å². The summed E-state index contributed by atoms with van der Waals surface area (Å²) >= 11 is 5.80. The van der Waals surface area contributed by atoms with E-state index in [9.17, 15) is 27.6 Å². The smallest absolute Gasteiger partial charge is 0.291 e. The van der Waals surface area contributed by atoms with Gasteiger partial charge in [-0.15, -0.1) is 0 Å². The molecule has 1 aromatic heterocycles. The summed E-state index contributed by atoms with van der Waals surface area (Å²) < 4.78 is 49.0. The van der Waals surface area contributed by atoms with Crippen LogP contribution in [-0.2, 0) is 0 Å². The van der Waals surface area contributed by atoms with Crippen molar-refractivity contribution in [1.29, 1.82) is 0 Å². The third-order valence-corrected chi connectivity index (χ3v) is 4.76. The Bertz CT molecular complexity index is 1260. The molecule has 2 aromatic carbocycles. The van der Waals surface area contributed by atoms with E-state index >= 15 is 0 Å². The third kappa shape index (κ3) is 2.94. The lowest BCUT2D eigenvalue weighted by molar-refractivity contribution is 0.0921. The first kappa shape index (κ1) is 19.7. The number of carbonyl (C=O) groups excluding carboxylic acids is 3. The number of fused-ring (bicyclic) bond motifs is 1. The van der Waals surface area contributed by atoms with Crippen molar-refractivity contribution < 1.29 is 32.0 Å². The van der Waals surface area contributed by atoms with Crippen molar-refractivity contribution in [3.63, 3.8) is 0 Å². The Labute approximate surface area is 171 Å². The number of hydrogen-bond acceptors (Lipinski definition) is 4. The molecule has 0 radical (unpaired) electrons. The van der Waals surface area contributed by atoms with E-state index in [1.54, 1.807) is 6.92 Å². The molecule has 0 aliphatic carbocycles. The van der Waals surface area contributed by atoms with E-state index in [4.69, 9.17) is 16.0 Å². The highest BCUT2D eigenvalue weighted by Crippen LogP contribution is 2.36. The zero-order valence-electron chi connectivity index (χ0n) is 15.1. The van der Waals surface area contributed by atoms with Gasteiger partial charge in [-0.25, -0.2) is 18.1 Å². The largest absolute Gasteiger partial charge is 0.459 e. The van der Waals surface area contributed by atoms with E-state index in [-0.39, 0.29) is 26.8 Å². The minimum Gasteiger partial charge on any atom is -0.459 e. The van der Waals surface area contributed by atoms with Gasteiger partial charge in [0.05, 0.1) is 23.1 Å².